The normalized spacial score (nSPS) is 12.6. The zero-order valence-corrected chi connectivity index (χ0v) is 15.3. The molecular weight excluding hydrogens is 344 g/mol. The Labute approximate surface area is 148 Å². The monoisotopic (exact) mass is 368 g/mol. The van der Waals surface area contributed by atoms with E-state index in [1.165, 1.54) is 28.6 Å². The Kier molecular flexibility index (Phi) is 7.79. The van der Waals surface area contributed by atoms with E-state index in [4.69, 9.17) is 5.11 Å². The van der Waals surface area contributed by atoms with Crippen LogP contribution in [-0.2, 0) is 14.8 Å². The molecule has 0 bridgehead atoms. The Hall–Kier alpha value is -2.19. The third-order valence-electron chi connectivity index (χ3n) is 3.72. The number of carboxylic acids is 1. The molecule has 2 N–H and O–H groups in total. The van der Waals surface area contributed by atoms with Gasteiger partial charge in [-0.15, -0.1) is 6.58 Å². The maximum absolute atomic E-state index is 12.4. The average Bonchev–Trinajstić information content (AvgIpc) is 2.59. The molecule has 0 saturated carbocycles. The highest BCUT2D eigenvalue weighted by Crippen LogP contribution is 2.16. The predicted molar refractivity (Wildman–Crippen MR) is 94.9 cm³/mol. The molecule has 0 radical (unpaired) electrons. The van der Waals surface area contributed by atoms with E-state index in [0.29, 0.717) is 19.5 Å². The van der Waals surface area contributed by atoms with Crippen LogP contribution in [0.3, 0.4) is 0 Å². The molecule has 1 aromatic carbocycles. The van der Waals surface area contributed by atoms with Crippen molar-refractivity contribution in [3.63, 3.8) is 0 Å². The number of amides is 1. The fourth-order valence-electron chi connectivity index (χ4n) is 2.27. The zero-order valence-electron chi connectivity index (χ0n) is 14.4. The molecule has 1 rings (SSSR count). The van der Waals surface area contributed by atoms with E-state index in [2.05, 4.69) is 11.9 Å². The van der Waals surface area contributed by atoms with Gasteiger partial charge < -0.3 is 10.4 Å². The van der Waals surface area contributed by atoms with Gasteiger partial charge in [0.25, 0.3) is 5.91 Å². The Bertz CT molecular complexity index is 709. The van der Waals surface area contributed by atoms with E-state index in [1.54, 1.807) is 19.9 Å². The van der Waals surface area contributed by atoms with E-state index in [1.807, 2.05) is 0 Å². The van der Waals surface area contributed by atoms with Gasteiger partial charge in [0.15, 0.2) is 0 Å². The lowest BCUT2D eigenvalue weighted by Gasteiger charge is -2.18. The van der Waals surface area contributed by atoms with Gasteiger partial charge in [-0.2, -0.15) is 4.31 Å². The van der Waals surface area contributed by atoms with Gasteiger partial charge in [-0.05, 0) is 37.1 Å². The summed E-state index contributed by atoms with van der Waals surface area (Å²) in [6.07, 6.45) is 2.27. The SMILES string of the molecule is C=CCCC(NC(=O)c1ccc(S(=O)(=O)N(CC)CC)cc1)C(=O)O. The van der Waals surface area contributed by atoms with Crippen molar-refractivity contribution in [1.82, 2.24) is 9.62 Å². The van der Waals surface area contributed by atoms with Crippen molar-refractivity contribution in [2.45, 2.75) is 37.6 Å². The Morgan fingerprint density at radius 2 is 1.80 bits per heavy atom. The highest BCUT2D eigenvalue weighted by molar-refractivity contribution is 7.89. The molecule has 0 spiro atoms. The maximum atomic E-state index is 12.4. The van der Waals surface area contributed by atoms with Gasteiger partial charge in [0, 0.05) is 18.7 Å². The summed E-state index contributed by atoms with van der Waals surface area (Å²) in [6.45, 7) is 7.72. The van der Waals surface area contributed by atoms with Crippen molar-refractivity contribution in [3.8, 4) is 0 Å². The van der Waals surface area contributed by atoms with Crippen molar-refractivity contribution in [3.05, 3.63) is 42.5 Å². The zero-order chi connectivity index (χ0) is 19.0. The number of carbonyl (C=O) groups excluding carboxylic acids is 1. The van der Waals surface area contributed by atoms with Crippen molar-refractivity contribution >= 4 is 21.9 Å². The largest absolute Gasteiger partial charge is 0.480 e. The third kappa shape index (κ3) is 5.40. The predicted octanol–water partition coefficient (Wildman–Crippen LogP) is 1.87. The summed E-state index contributed by atoms with van der Waals surface area (Å²) in [6, 6.07) is 4.42. The molecule has 0 heterocycles. The average molecular weight is 368 g/mol. The van der Waals surface area contributed by atoms with Gasteiger partial charge in [-0.3, -0.25) is 4.79 Å². The molecule has 1 unspecified atom stereocenters. The minimum atomic E-state index is -3.60. The standard InChI is InChI=1S/C17H24N2O5S/c1-4-7-8-15(17(21)22)18-16(20)13-9-11-14(12-10-13)25(23,24)19(5-2)6-3/h4,9-12,15H,1,5-8H2,2-3H3,(H,18,20)(H,21,22). The van der Waals surface area contributed by atoms with E-state index < -0.39 is 27.9 Å². The van der Waals surface area contributed by atoms with Crippen LogP contribution in [0, 0.1) is 0 Å². The summed E-state index contributed by atoms with van der Waals surface area (Å²) in [5.41, 5.74) is 0.198. The number of carboxylic acid groups (broad SMARTS) is 1. The van der Waals surface area contributed by atoms with Crippen molar-refractivity contribution in [2.75, 3.05) is 13.1 Å². The Balaban J connectivity index is 2.93. The smallest absolute Gasteiger partial charge is 0.326 e. The summed E-state index contributed by atoms with van der Waals surface area (Å²) in [5, 5.41) is 11.6. The Morgan fingerprint density at radius 1 is 1.24 bits per heavy atom. The van der Waals surface area contributed by atoms with Crippen LogP contribution in [-0.4, -0.2) is 48.8 Å². The number of hydrogen-bond donors (Lipinski definition) is 2. The molecule has 7 nitrogen and oxygen atoms in total. The fourth-order valence-corrected chi connectivity index (χ4v) is 3.73. The van der Waals surface area contributed by atoms with Gasteiger partial charge in [-0.1, -0.05) is 19.9 Å². The first kappa shape index (κ1) is 20.9. The van der Waals surface area contributed by atoms with Crippen LogP contribution in [0.4, 0.5) is 0 Å². The highest BCUT2D eigenvalue weighted by Gasteiger charge is 2.23. The number of aliphatic carboxylic acids is 1. The van der Waals surface area contributed by atoms with E-state index in [-0.39, 0.29) is 16.9 Å². The summed E-state index contributed by atoms with van der Waals surface area (Å²) in [5.74, 6) is -1.70. The maximum Gasteiger partial charge on any atom is 0.326 e. The summed E-state index contributed by atoms with van der Waals surface area (Å²) in [4.78, 5) is 23.4. The number of nitrogens with one attached hydrogen (secondary N) is 1. The number of benzene rings is 1. The van der Waals surface area contributed by atoms with Crippen LogP contribution in [0.15, 0.2) is 41.8 Å². The molecule has 1 aromatic rings. The van der Waals surface area contributed by atoms with Gasteiger partial charge in [0.1, 0.15) is 6.04 Å². The van der Waals surface area contributed by atoms with E-state index in [0.717, 1.165) is 0 Å². The molecule has 0 aliphatic rings. The molecule has 0 aromatic heterocycles. The highest BCUT2D eigenvalue weighted by atomic mass is 32.2. The van der Waals surface area contributed by atoms with Crippen molar-refractivity contribution in [2.24, 2.45) is 0 Å². The summed E-state index contributed by atoms with van der Waals surface area (Å²) >= 11 is 0. The second-order valence-electron chi connectivity index (χ2n) is 5.34. The lowest BCUT2D eigenvalue weighted by molar-refractivity contribution is -0.139. The number of nitrogens with zero attached hydrogens (tertiary/aromatic N) is 1. The van der Waals surface area contributed by atoms with E-state index in [9.17, 15) is 18.0 Å². The van der Waals surface area contributed by atoms with Gasteiger partial charge in [-0.25, -0.2) is 13.2 Å². The van der Waals surface area contributed by atoms with Gasteiger partial charge >= 0.3 is 5.97 Å². The topological polar surface area (TPSA) is 104 Å². The van der Waals surface area contributed by atoms with Crippen LogP contribution in [0.25, 0.3) is 0 Å². The summed E-state index contributed by atoms with van der Waals surface area (Å²) < 4.78 is 26.1. The molecule has 0 aliphatic heterocycles. The van der Waals surface area contributed by atoms with Crippen LogP contribution in [0.5, 0.6) is 0 Å². The molecule has 25 heavy (non-hydrogen) atoms. The van der Waals surface area contributed by atoms with Crippen LogP contribution in [0.2, 0.25) is 0 Å². The first-order valence-electron chi connectivity index (χ1n) is 8.02. The number of carbonyl (C=O) groups is 2. The summed E-state index contributed by atoms with van der Waals surface area (Å²) in [7, 11) is -3.60. The first-order valence-corrected chi connectivity index (χ1v) is 9.46. The number of sulfonamides is 1. The molecule has 8 heteroatoms. The molecule has 0 aliphatic carbocycles. The first-order chi connectivity index (χ1) is 11.8. The van der Waals surface area contributed by atoms with Crippen molar-refractivity contribution < 1.29 is 23.1 Å². The fraction of sp³-hybridized carbons (Fsp3) is 0.412. The third-order valence-corrected chi connectivity index (χ3v) is 5.79. The minimum absolute atomic E-state index is 0.0918. The molecular formula is C17H24N2O5S. The second kappa shape index (κ2) is 9.33. The van der Waals surface area contributed by atoms with Gasteiger partial charge in [0.05, 0.1) is 4.90 Å². The molecule has 0 saturated heterocycles. The van der Waals surface area contributed by atoms with Crippen LogP contribution in [0.1, 0.15) is 37.0 Å². The minimum Gasteiger partial charge on any atom is -0.480 e. The number of allylic oxidation sites excluding steroid dienone is 1. The number of rotatable bonds is 10. The lowest BCUT2D eigenvalue weighted by Crippen LogP contribution is -2.40. The number of hydrogen-bond acceptors (Lipinski definition) is 4. The molecule has 0 fully saturated rings. The molecule has 138 valence electrons. The van der Waals surface area contributed by atoms with E-state index >= 15 is 0 Å². The van der Waals surface area contributed by atoms with Crippen LogP contribution < -0.4 is 5.32 Å². The quantitative estimate of drug-likeness (QED) is 0.614. The molecule has 1 atom stereocenters. The lowest BCUT2D eigenvalue weighted by atomic mass is 10.1. The van der Waals surface area contributed by atoms with Gasteiger partial charge in [0.2, 0.25) is 10.0 Å². The van der Waals surface area contributed by atoms with Crippen molar-refractivity contribution in [1.29, 1.82) is 0 Å². The molecule has 1 amide bonds. The Morgan fingerprint density at radius 3 is 2.24 bits per heavy atom. The second-order valence-corrected chi connectivity index (χ2v) is 7.28. The van der Waals surface area contributed by atoms with Crippen LogP contribution >= 0.6 is 0 Å².